The van der Waals surface area contributed by atoms with E-state index in [2.05, 4.69) is 15.0 Å². The Balaban J connectivity index is 1.78. The van der Waals surface area contributed by atoms with Crippen LogP contribution in [-0.4, -0.2) is 25.4 Å². The molecule has 0 saturated heterocycles. The van der Waals surface area contributed by atoms with Crippen LogP contribution in [0.3, 0.4) is 0 Å². The standard InChI is InChI=1S/C22H21ClFN3O4S/c1-14(2)31-22-16(4-3-11-25-22)13-26-21(28)15-5-10-19(23)20(12-15)32(29,30)27-18-8-6-17(24)7-9-18/h3-12,14,27H,13H2,1-2H3,(H,26,28). The van der Waals surface area contributed by atoms with E-state index in [-0.39, 0.29) is 33.8 Å². The van der Waals surface area contributed by atoms with Crippen LogP contribution >= 0.6 is 11.6 Å². The van der Waals surface area contributed by atoms with E-state index in [1.165, 1.54) is 30.3 Å². The molecular weight excluding hydrogens is 457 g/mol. The van der Waals surface area contributed by atoms with Gasteiger partial charge in [0.25, 0.3) is 15.9 Å². The van der Waals surface area contributed by atoms with E-state index < -0.39 is 21.7 Å². The van der Waals surface area contributed by atoms with Crippen LogP contribution in [-0.2, 0) is 16.6 Å². The normalized spacial score (nSPS) is 11.3. The minimum Gasteiger partial charge on any atom is -0.475 e. The van der Waals surface area contributed by atoms with Crippen LogP contribution in [0.25, 0.3) is 0 Å². The van der Waals surface area contributed by atoms with Gasteiger partial charge in [0.2, 0.25) is 5.88 Å². The fourth-order valence-corrected chi connectivity index (χ4v) is 4.33. The molecule has 2 N–H and O–H groups in total. The van der Waals surface area contributed by atoms with Crippen LogP contribution < -0.4 is 14.8 Å². The minimum absolute atomic E-state index is 0.0592. The number of anilines is 1. The van der Waals surface area contributed by atoms with Crippen molar-refractivity contribution in [3.63, 3.8) is 0 Å². The lowest BCUT2D eigenvalue weighted by Crippen LogP contribution is -2.24. The molecule has 3 rings (SSSR count). The second-order valence-corrected chi connectivity index (χ2v) is 9.13. The van der Waals surface area contributed by atoms with Crippen molar-refractivity contribution < 1.29 is 22.3 Å². The van der Waals surface area contributed by atoms with Crippen LogP contribution in [0.4, 0.5) is 10.1 Å². The first-order valence-electron chi connectivity index (χ1n) is 9.62. The number of benzene rings is 2. The Bertz CT molecular complexity index is 1220. The van der Waals surface area contributed by atoms with Gasteiger partial charge in [-0.3, -0.25) is 9.52 Å². The SMILES string of the molecule is CC(C)Oc1ncccc1CNC(=O)c1ccc(Cl)c(S(=O)(=O)Nc2ccc(F)cc2)c1. The summed E-state index contributed by atoms with van der Waals surface area (Å²) in [5.74, 6) is -0.592. The largest absolute Gasteiger partial charge is 0.475 e. The molecule has 0 aliphatic heterocycles. The highest BCUT2D eigenvalue weighted by atomic mass is 35.5. The summed E-state index contributed by atoms with van der Waals surface area (Å²) >= 11 is 6.08. The van der Waals surface area contributed by atoms with Gasteiger partial charge in [0.1, 0.15) is 10.7 Å². The molecule has 7 nitrogen and oxygen atoms in total. The average Bonchev–Trinajstić information content (AvgIpc) is 2.74. The number of aromatic nitrogens is 1. The number of hydrogen-bond donors (Lipinski definition) is 2. The first-order valence-corrected chi connectivity index (χ1v) is 11.5. The van der Waals surface area contributed by atoms with Crippen LogP contribution in [0.15, 0.2) is 65.7 Å². The fourth-order valence-electron chi connectivity index (χ4n) is 2.74. The number of nitrogens with one attached hydrogen (secondary N) is 2. The van der Waals surface area contributed by atoms with Gasteiger partial charge in [0.05, 0.1) is 11.1 Å². The maximum atomic E-state index is 13.1. The molecule has 0 aliphatic carbocycles. The van der Waals surface area contributed by atoms with E-state index in [0.717, 1.165) is 12.1 Å². The summed E-state index contributed by atoms with van der Waals surface area (Å²) in [6.45, 7) is 3.87. The number of nitrogens with zero attached hydrogens (tertiary/aromatic N) is 1. The third-order valence-corrected chi connectivity index (χ3v) is 6.08. The maximum Gasteiger partial charge on any atom is 0.263 e. The first-order chi connectivity index (χ1) is 15.2. The number of sulfonamides is 1. The molecule has 1 amide bonds. The molecular formula is C22H21ClFN3O4S. The zero-order valence-corrected chi connectivity index (χ0v) is 18.9. The number of pyridine rings is 1. The van der Waals surface area contributed by atoms with Crippen molar-refractivity contribution in [3.05, 3.63) is 82.8 Å². The molecule has 0 spiro atoms. The van der Waals surface area contributed by atoms with Gasteiger partial charge in [0, 0.05) is 29.6 Å². The smallest absolute Gasteiger partial charge is 0.263 e. The predicted molar refractivity (Wildman–Crippen MR) is 120 cm³/mol. The molecule has 0 saturated carbocycles. The van der Waals surface area contributed by atoms with E-state index >= 15 is 0 Å². The lowest BCUT2D eigenvalue weighted by molar-refractivity contribution is 0.0950. The average molecular weight is 478 g/mol. The van der Waals surface area contributed by atoms with Crippen molar-refractivity contribution in [1.82, 2.24) is 10.3 Å². The lowest BCUT2D eigenvalue weighted by atomic mass is 10.2. The summed E-state index contributed by atoms with van der Waals surface area (Å²) in [5, 5.41) is 2.66. The van der Waals surface area contributed by atoms with Gasteiger partial charge in [-0.1, -0.05) is 17.7 Å². The van der Waals surface area contributed by atoms with Gasteiger partial charge < -0.3 is 10.1 Å². The Labute approximate surface area is 190 Å². The molecule has 0 aliphatic rings. The number of rotatable bonds is 8. The number of hydrogen-bond acceptors (Lipinski definition) is 5. The summed E-state index contributed by atoms with van der Waals surface area (Å²) in [5.41, 5.74) is 0.935. The van der Waals surface area contributed by atoms with E-state index in [9.17, 15) is 17.6 Å². The van der Waals surface area contributed by atoms with Crippen LogP contribution in [0.1, 0.15) is 29.8 Å². The Morgan fingerprint density at radius 3 is 2.56 bits per heavy atom. The summed E-state index contributed by atoms with van der Waals surface area (Å²) in [7, 11) is -4.11. The van der Waals surface area contributed by atoms with E-state index in [1.54, 1.807) is 18.3 Å². The van der Waals surface area contributed by atoms with Gasteiger partial charge >= 0.3 is 0 Å². The molecule has 2 aromatic carbocycles. The topological polar surface area (TPSA) is 97.4 Å². The fraction of sp³-hybridized carbons (Fsp3) is 0.182. The maximum absolute atomic E-state index is 13.1. The molecule has 0 bridgehead atoms. The number of ether oxygens (including phenoxy) is 1. The van der Waals surface area contributed by atoms with Crippen LogP contribution in [0, 0.1) is 5.82 Å². The third-order valence-electron chi connectivity index (χ3n) is 4.22. The number of carbonyl (C=O) groups excluding carboxylic acids is 1. The quantitative estimate of drug-likeness (QED) is 0.501. The van der Waals surface area contributed by atoms with Crippen LogP contribution in [0.2, 0.25) is 5.02 Å². The van der Waals surface area contributed by atoms with Gasteiger partial charge in [-0.05, 0) is 62.4 Å². The molecule has 0 fully saturated rings. The third kappa shape index (κ3) is 5.95. The molecule has 32 heavy (non-hydrogen) atoms. The molecule has 1 aromatic heterocycles. The highest BCUT2D eigenvalue weighted by molar-refractivity contribution is 7.92. The Kier molecular flexibility index (Phi) is 7.32. The second kappa shape index (κ2) is 9.97. The summed E-state index contributed by atoms with van der Waals surface area (Å²) in [4.78, 5) is 16.6. The molecule has 0 unspecified atom stereocenters. The molecule has 0 atom stereocenters. The molecule has 10 heteroatoms. The molecule has 3 aromatic rings. The van der Waals surface area contributed by atoms with Crippen molar-refractivity contribution in [1.29, 1.82) is 0 Å². The molecule has 0 radical (unpaired) electrons. The highest BCUT2D eigenvalue weighted by Gasteiger charge is 2.21. The number of amides is 1. The van der Waals surface area contributed by atoms with E-state index in [4.69, 9.17) is 16.3 Å². The van der Waals surface area contributed by atoms with Crippen molar-refractivity contribution in [3.8, 4) is 5.88 Å². The Hall–Kier alpha value is -3.17. The minimum atomic E-state index is -4.11. The van der Waals surface area contributed by atoms with Crippen LogP contribution in [0.5, 0.6) is 5.88 Å². The first kappa shape index (κ1) is 23.5. The van der Waals surface area contributed by atoms with E-state index in [0.29, 0.717) is 11.4 Å². The van der Waals surface area contributed by atoms with Gasteiger partial charge in [-0.25, -0.2) is 17.8 Å². The number of carbonyl (C=O) groups is 1. The Morgan fingerprint density at radius 2 is 1.88 bits per heavy atom. The van der Waals surface area contributed by atoms with Crippen molar-refractivity contribution in [2.45, 2.75) is 31.4 Å². The van der Waals surface area contributed by atoms with E-state index in [1.807, 2.05) is 13.8 Å². The van der Waals surface area contributed by atoms with Gasteiger partial charge in [-0.15, -0.1) is 0 Å². The Morgan fingerprint density at radius 1 is 1.16 bits per heavy atom. The second-order valence-electron chi connectivity index (χ2n) is 7.07. The van der Waals surface area contributed by atoms with Gasteiger partial charge in [-0.2, -0.15) is 0 Å². The monoisotopic (exact) mass is 477 g/mol. The van der Waals surface area contributed by atoms with Crippen molar-refractivity contribution in [2.75, 3.05) is 4.72 Å². The van der Waals surface area contributed by atoms with Crippen molar-refractivity contribution >= 4 is 33.2 Å². The highest BCUT2D eigenvalue weighted by Crippen LogP contribution is 2.25. The molecule has 1 heterocycles. The van der Waals surface area contributed by atoms with Crippen molar-refractivity contribution in [2.24, 2.45) is 0 Å². The zero-order valence-electron chi connectivity index (χ0n) is 17.3. The lowest BCUT2D eigenvalue weighted by Gasteiger charge is -2.14. The summed E-state index contributed by atoms with van der Waals surface area (Å²) < 4.78 is 46.6. The number of halogens is 2. The summed E-state index contributed by atoms with van der Waals surface area (Å²) in [6.07, 6.45) is 1.50. The van der Waals surface area contributed by atoms with Gasteiger partial charge in [0.15, 0.2) is 0 Å². The molecule has 168 valence electrons. The predicted octanol–water partition coefficient (Wildman–Crippen LogP) is 4.39. The summed E-state index contributed by atoms with van der Waals surface area (Å²) in [6, 6.07) is 12.2. The zero-order chi connectivity index (χ0) is 23.3.